The molecular formula is C10H11F3N2O4S. The summed E-state index contributed by atoms with van der Waals surface area (Å²) in [6.45, 7) is -0.465. The van der Waals surface area contributed by atoms with Crippen molar-refractivity contribution >= 4 is 21.6 Å². The number of hydrogen-bond acceptors (Lipinski definition) is 4. The highest BCUT2D eigenvalue weighted by molar-refractivity contribution is 7.89. The van der Waals surface area contributed by atoms with Gasteiger partial charge < -0.3 is 5.32 Å². The fraction of sp³-hybridized carbons (Fsp3) is 0.300. The molecule has 0 aliphatic heterocycles. The summed E-state index contributed by atoms with van der Waals surface area (Å²) in [7, 11) is -4.21. The van der Waals surface area contributed by atoms with E-state index in [1.54, 1.807) is 0 Å². The summed E-state index contributed by atoms with van der Waals surface area (Å²) in [4.78, 5) is 15.7. The third-order valence-corrected chi connectivity index (χ3v) is 3.12. The summed E-state index contributed by atoms with van der Waals surface area (Å²) in [6.07, 6.45) is -4.64. The van der Waals surface area contributed by atoms with Gasteiger partial charge in [-0.25, -0.2) is 8.42 Å². The van der Waals surface area contributed by atoms with Gasteiger partial charge >= 0.3 is 6.18 Å². The van der Waals surface area contributed by atoms with E-state index in [0.29, 0.717) is 5.69 Å². The van der Waals surface area contributed by atoms with Gasteiger partial charge in [0.05, 0.1) is 4.90 Å². The van der Waals surface area contributed by atoms with E-state index in [-0.39, 0.29) is 10.8 Å². The summed E-state index contributed by atoms with van der Waals surface area (Å²) < 4.78 is 58.5. The second-order valence-corrected chi connectivity index (χ2v) is 5.34. The quantitative estimate of drug-likeness (QED) is 0.805. The number of hydrogen-bond donors (Lipinski definition) is 2. The Kier molecular flexibility index (Phi) is 5.09. The van der Waals surface area contributed by atoms with E-state index in [9.17, 15) is 26.4 Å². The maximum absolute atomic E-state index is 11.8. The molecule has 20 heavy (non-hydrogen) atoms. The Morgan fingerprint density at radius 1 is 1.25 bits per heavy atom. The van der Waals surface area contributed by atoms with Crippen molar-refractivity contribution in [2.75, 3.05) is 11.9 Å². The van der Waals surface area contributed by atoms with Gasteiger partial charge in [0.1, 0.15) is 0 Å². The number of halogens is 3. The van der Waals surface area contributed by atoms with Gasteiger partial charge in [0.2, 0.25) is 5.91 Å². The van der Waals surface area contributed by atoms with Gasteiger partial charge in [0.15, 0.2) is 6.61 Å². The Hall–Kier alpha value is -1.65. The molecule has 6 nitrogen and oxygen atoms in total. The molecule has 0 aliphatic carbocycles. The fourth-order valence-electron chi connectivity index (χ4n) is 1.16. The standard InChI is InChI=1S/C10H11F3N2O4S/c1-7(16)14-8-2-4-9(5-3-8)20(17,18)15-19-6-10(11,12)13/h2-5,15H,6H2,1H3,(H,14,16). The van der Waals surface area contributed by atoms with E-state index in [4.69, 9.17) is 0 Å². The number of carbonyl (C=O) groups is 1. The number of amides is 1. The van der Waals surface area contributed by atoms with Crippen molar-refractivity contribution in [3.63, 3.8) is 0 Å². The van der Waals surface area contributed by atoms with Crippen molar-refractivity contribution in [2.45, 2.75) is 18.0 Å². The fourth-order valence-corrected chi connectivity index (χ4v) is 1.96. The lowest BCUT2D eigenvalue weighted by Crippen LogP contribution is -2.29. The van der Waals surface area contributed by atoms with Crippen LogP contribution in [0.5, 0.6) is 0 Å². The lowest BCUT2D eigenvalue weighted by Gasteiger charge is -2.09. The van der Waals surface area contributed by atoms with Gasteiger partial charge in [0.25, 0.3) is 10.0 Å². The SMILES string of the molecule is CC(=O)Nc1ccc(S(=O)(=O)NOCC(F)(F)F)cc1. The molecular weight excluding hydrogens is 301 g/mol. The van der Waals surface area contributed by atoms with Crippen LogP contribution in [0.2, 0.25) is 0 Å². The Bertz CT molecular complexity index is 569. The van der Waals surface area contributed by atoms with Crippen LogP contribution >= 0.6 is 0 Å². The van der Waals surface area contributed by atoms with Gasteiger partial charge in [-0.05, 0) is 24.3 Å². The molecule has 112 valence electrons. The lowest BCUT2D eigenvalue weighted by molar-refractivity contribution is -0.181. The second kappa shape index (κ2) is 6.20. The summed E-state index contributed by atoms with van der Waals surface area (Å²) in [6, 6.07) is 4.81. The maximum atomic E-state index is 11.8. The van der Waals surface area contributed by atoms with Gasteiger partial charge in [-0.15, -0.1) is 0 Å². The molecule has 1 aromatic carbocycles. The van der Waals surface area contributed by atoms with Crippen LogP contribution in [0.1, 0.15) is 6.92 Å². The Morgan fingerprint density at radius 2 is 1.80 bits per heavy atom. The summed E-state index contributed by atoms with van der Waals surface area (Å²) in [5.41, 5.74) is 0.354. The molecule has 1 aromatic rings. The molecule has 0 saturated heterocycles. The van der Waals surface area contributed by atoms with Crippen LogP contribution in [0, 0.1) is 0 Å². The molecule has 1 rings (SSSR count). The highest BCUT2D eigenvalue weighted by Crippen LogP contribution is 2.16. The van der Waals surface area contributed by atoms with Crippen LogP contribution < -0.4 is 10.2 Å². The third-order valence-electron chi connectivity index (χ3n) is 1.89. The normalized spacial score (nSPS) is 12.2. The van der Waals surface area contributed by atoms with Gasteiger partial charge in [-0.1, -0.05) is 4.89 Å². The molecule has 0 unspecified atom stereocenters. The largest absolute Gasteiger partial charge is 0.413 e. The first-order valence-corrected chi connectivity index (χ1v) is 6.66. The first kappa shape index (κ1) is 16.4. The van der Waals surface area contributed by atoms with Gasteiger partial charge in [-0.3, -0.25) is 9.63 Å². The maximum Gasteiger partial charge on any atom is 0.413 e. The molecule has 0 atom stereocenters. The van der Waals surface area contributed by atoms with Crippen LogP contribution in [0.25, 0.3) is 0 Å². The monoisotopic (exact) mass is 312 g/mol. The predicted molar refractivity (Wildman–Crippen MR) is 63.1 cm³/mol. The molecule has 0 aromatic heterocycles. The van der Waals surface area contributed by atoms with Crippen LogP contribution in [0.3, 0.4) is 0 Å². The second-order valence-electron chi connectivity index (χ2n) is 3.70. The molecule has 10 heteroatoms. The van der Waals surface area contributed by atoms with Crippen molar-refractivity contribution in [1.82, 2.24) is 4.89 Å². The van der Waals surface area contributed by atoms with Crippen molar-refractivity contribution in [3.8, 4) is 0 Å². The zero-order valence-corrected chi connectivity index (χ0v) is 11.0. The molecule has 0 bridgehead atoms. The van der Waals surface area contributed by atoms with E-state index in [0.717, 1.165) is 12.1 Å². The molecule has 0 aliphatic rings. The Labute approximate surface area is 112 Å². The molecule has 0 radical (unpaired) electrons. The summed E-state index contributed by atoms with van der Waals surface area (Å²) in [5.74, 6) is -0.341. The van der Waals surface area contributed by atoms with Crippen LogP contribution in [-0.2, 0) is 19.7 Å². The minimum absolute atomic E-state index is 0.297. The number of anilines is 1. The summed E-state index contributed by atoms with van der Waals surface area (Å²) in [5, 5.41) is 2.41. The van der Waals surface area contributed by atoms with Crippen LogP contribution in [0.15, 0.2) is 29.2 Å². The van der Waals surface area contributed by atoms with E-state index >= 15 is 0 Å². The molecule has 0 saturated carbocycles. The zero-order chi connectivity index (χ0) is 15.4. The van der Waals surface area contributed by atoms with E-state index < -0.39 is 22.8 Å². The number of carbonyl (C=O) groups excluding carboxylic acids is 1. The zero-order valence-electron chi connectivity index (χ0n) is 10.2. The smallest absolute Gasteiger partial charge is 0.326 e. The lowest BCUT2D eigenvalue weighted by atomic mass is 10.3. The van der Waals surface area contributed by atoms with Gasteiger partial charge in [0, 0.05) is 12.6 Å². The number of sulfonamides is 1. The highest BCUT2D eigenvalue weighted by Gasteiger charge is 2.29. The average molecular weight is 312 g/mol. The minimum atomic E-state index is -4.64. The van der Waals surface area contributed by atoms with Crippen LogP contribution in [0.4, 0.5) is 18.9 Å². The minimum Gasteiger partial charge on any atom is -0.326 e. The number of benzene rings is 1. The number of alkyl halides is 3. The van der Waals surface area contributed by atoms with Crippen molar-refractivity contribution < 1.29 is 31.2 Å². The first-order valence-electron chi connectivity index (χ1n) is 5.18. The van der Waals surface area contributed by atoms with Gasteiger partial charge in [-0.2, -0.15) is 13.2 Å². The topological polar surface area (TPSA) is 84.5 Å². The average Bonchev–Trinajstić information content (AvgIpc) is 2.26. The third kappa shape index (κ3) is 5.55. The van der Waals surface area contributed by atoms with E-state index in [2.05, 4.69) is 10.2 Å². The Morgan fingerprint density at radius 3 is 2.25 bits per heavy atom. The van der Waals surface area contributed by atoms with E-state index in [1.165, 1.54) is 23.9 Å². The molecule has 1 amide bonds. The number of nitrogens with one attached hydrogen (secondary N) is 2. The van der Waals surface area contributed by atoms with Crippen LogP contribution in [-0.4, -0.2) is 27.1 Å². The van der Waals surface area contributed by atoms with Crippen molar-refractivity contribution in [2.24, 2.45) is 0 Å². The van der Waals surface area contributed by atoms with Crippen molar-refractivity contribution in [1.29, 1.82) is 0 Å². The molecule has 0 heterocycles. The highest BCUT2D eigenvalue weighted by atomic mass is 32.2. The molecule has 2 N–H and O–H groups in total. The van der Waals surface area contributed by atoms with E-state index in [1.807, 2.05) is 0 Å². The first-order chi connectivity index (χ1) is 9.10. The summed E-state index contributed by atoms with van der Waals surface area (Å²) >= 11 is 0. The van der Waals surface area contributed by atoms with Crippen molar-refractivity contribution in [3.05, 3.63) is 24.3 Å². The molecule has 0 spiro atoms. The molecule has 0 fully saturated rings. The number of rotatable bonds is 5. The Balaban J connectivity index is 2.70. The predicted octanol–water partition coefficient (Wildman–Crippen LogP) is 1.42.